The van der Waals surface area contributed by atoms with Gasteiger partial charge in [0.25, 0.3) is 0 Å². The minimum absolute atomic E-state index is 0.472. The number of allylic oxidation sites excluding steroid dienone is 2. The summed E-state index contributed by atoms with van der Waals surface area (Å²) in [4.78, 5) is 16.0. The lowest BCUT2D eigenvalue weighted by Crippen LogP contribution is -2.28. The molecule has 1 fully saturated rings. The molecule has 29 heavy (non-hydrogen) atoms. The van der Waals surface area contributed by atoms with E-state index in [9.17, 15) is 9.90 Å². The van der Waals surface area contributed by atoms with E-state index < -0.39 is 5.97 Å². The number of rotatable bonds is 6. The normalized spacial score (nSPS) is 22.2. The summed E-state index contributed by atoms with van der Waals surface area (Å²) in [6.45, 7) is 3.24. The van der Waals surface area contributed by atoms with Gasteiger partial charge in [-0.15, -0.1) is 11.3 Å². The summed E-state index contributed by atoms with van der Waals surface area (Å²) in [5.41, 5.74) is 3.29. The van der Waals surface area contributed by atoms with Gasteiger partial charge in [-0.1, -0.05) is 44.0 Å². The molecule has 4 heteroatoms. The van der Waals surface area contributed by atoms with Crippen LogP contribution in [0.2, 0.25) is 0 Å². The number of carbonyl (C=O) groups is 1. The minimum atomic E-state index is -0.814. The third kappa shape index (κ3) is 4.75. The molecule has 0 aliphatic heterocycles. The number of hydrogen-bond donors (Lipinski definition) is 1. The van der Waals surface area contributed by atoms with Gasteiger partial charge in [0.2, 0.25) is 0 Å². The fourth-order valence-electron chi connectivity index (χ4n) is 4.68. The van der Waals surface area contributed by atoms with E-state index in [1.54, 1.807) is 0 Å². The van der Waals surface area contributed by atoms with Crippen molar-refractivity contribution in [3.63, 3.8) is 0 Å². The van der Waals surface area contributed by atoms with E-state index in [0.29, 0.717) is 10.8 Å². The quantitative estimate of drug-likeness (QED) is 0.541. The van der Waals surface area contributed by atoms with Gasteiger partial charge in [-0.05, 0) is 74.1 Å². The van der Waals surface area contributed by atoms with E-state index in [1.165, 1.54) is 55.4 Å². The van der Waals surface area contributed by atoms with Crippen LogP contribution >= 0.6 is 11.3 Å². The number of para-hydroxylation sites is 1. The van der Waals surface area contributed by atoms with Crippen molar-refractivity contribution >= 4 is 34.3 Å². The second kappa shape index (κ2) is 9.17. The molecule has 1 saturated carbocycles. The largest absolute Gasteiger partial charge is 0.477 e. The Bertz CT molecular complexity index is 862. The smallest absolute Gasteiger partial charge is 0.348 e. The molecule has 1 aromatic carbocycles. The highest BCUT2D eigenvalue weighted by molar-refractivity contribution is 7.15. The van der Waals surface area contributed by atoms with Gasteiger partial charge in [-0.2, -0.15) is 0 Å². The maximum absolute atomic E-state index is 12.2. The van der Waals surface area contributed by atoms with Crippen LogP contribution in [-0.4, -0.2) is 17.6 Å². The number of thiophene rings is 1. The third-order valence-electron chi connectivity index (χ3n) is 6.45. The van der Waals surface area contributed by atoms with Gasteiger partial charge in [-0.25, -0.2) is 4.79 Å². The van der Waals surface area contributed by atoms with Gasteiger partial charge in [-0.3, -0.25) is 0 Å². The fraction of sp³-hybridized carbons (Fsp3) is 0.480. The summed E-state index contributed by atoms with van der Waals surface area (Å²) >= 11 is 1.45. The molecule has 2 aliphatic rings. The topological polar surface area (TPSA) is 40.5 Å². The molecule has 154 valence electrons. The molecule has 3 nitrogen and oxygen atoms in total. The van der Waals surface area contributed by atoms with Gasteiger partial charge in [0.05, 0.1) is 5.69 Å². The van der Waals surface area contributed by atoms with Crippen LogP contribution < -0.4 is 4.90 Å². The average molecular weight is 410 g/mol. The Kier molecular flexibility index (Phi) is 6.39. The van der Waals surface area contributed by atoms with E-state index in [1.807, 2.05) is 18.2 Å². The Labute approximate surface area is 178 Å². The first-order valence-electron chi connectivity index (χ1n) is 11.0. The second-order valence-corrected chi connectivity index (χ2v) is 9.73. The monoisotopic (exact) mass is 409 g/mol. The molecule has 4 rings (SSSR count). The maximum atomic E-state index is 12.2. The first kappa shape index (κ1) is 20.2. The molecule has 0 unspecified atom stereocenters. The third-order valence-corrected chi connectivity index (χ3v) is 7.64. The minimum Gasteiger partial charge on any atom is -0.477 e. The molecule has 0 amide bonds. The highest BCUT2D eigenvalue weighted by atomic mass is 32.1. The average Bonchev–Trinajstić information content (AvgIpc) is 3.20. The van der Waals surface area contributed by atoms with Crippen molar-refractivity contribution in [3.05, 3.63) is 52.2 Å². The summed E-state index contributed by atoms with van der Waals surface area (Å²) in [5, 5.41) is 9.98. The first-order valence-corrected chi connectivity index (χ1v) is 11.8. The zero-order chi connectivity index (χ0) is 20.2. The lowest BCUT2D eigenvalue weighted by molar-refractivity contribution is 0.0703. The number of benzene rings is 1. The van der Waals surface area contributed by atoms with Crippen LogP contribution in [0.4, 0.5) is 11.4 Å². The Morgan fingerprint density at radius 1 is 1.14 bits per heavy atom. The summed E-state index contributed by atoms with van der Waals surface area (Å²) in [5.74, 6) is 0.619. The number of aromatic carboxylic acids is 1. The molecule has 1 N–H and O–H groups in total. The highest BCUT2D eigenvalue weighted by Gasteiger charge is 2.27. The Morgan fingerprint density at radius 3 is 2.55 bits per heavy atom. The number of nitrogens with zero attached hydrogens (tertiary/aromatic N) is 1. The molecule has 1 aromatic heterocycles. The molecular formula is C25H31NO2S. The van der Waals surface area contributed by atoms with Crippen molar-refractivity contribution in [2.75, 3.05) is 11.4 Å². The Morgan fingerprint density at radius 2 is 1.90 bits per heavy atom. The van der Waals surface area contributed by atoms with Crippen molar-refractivity contribution in [2.45, 2.75) is 58.3 Å². The van der Waals surface area contributed by atoms with Crippen LogP contribution in [0.5, 0.6) is 0 Å². The van der Waals surface area contributed by atoms with E-state index in [-0.39, 0.29) is 0 Å². The molecule has 0 radical (unpaired) electrons. The molecule has 0 bridgehead atoms. The van der Waals surface area contributed by atoms with E-state index in [2.05, 4.69) is 36.1 Å². The second-order valence-electron chi connectivity index (χ2n) is 8.68. The van der Waals surface area contributed by atoms with Crippen LogP contribution in [0, 0.1) is 11.8 Å². The van der Waals surface area contributed by atoms with Crippen molar-refractivity contribution in [2.24, 2.45) is 11.8 Å². The van der Waals surface area contributed by atoms with E-state index >= 15 is 0 Å². The SMILES string of the molecule is CC1CCC(CN(c2ccccc2)c2cc(C3=CCCCC3)sc2C(=O)O)CC1. The molecule has 1 heterocycles. The maximum Gasteiger partial charge on any atom is 0.348 e. The van der Waals surface area contributed by atoms with Crippen LogP contribution in [0.15, 0.2) is 42.5 Å². The zero-order valence-corrected chi connectivity index (χ0v) is 18.1. The van der Waals surface area contributed by atoms with Crippen molar-refractivity contribution < 1.29 is 9.90 Å². The Balaban J connectivity index is 1.70. The fourth-order valence-corrected chi connectivity index (χ4v) is 5.74. The number of anilines is 2. The van der Waals surface area contributed by atoms with E-state index in [4.69, 9.17) is 0 Å². The van der Waals surface area contributed by atoms with Crippen molar-refractivity contribution in [3.8, 4) is 0 Å². The van der Waals surface area contributed by atoms with Gasteiger partial charge in [0.1, 0.15) is 4.88 Å². The summed E-state index contributed by atoms with van der Waals surface area (Å²) in [7, 11) is 0. The van der Waals surface area contributed by atoms with E-state index in [0.717, 1.165) is 41.6 Å². The van der Waals surface area contributed by atoms with Crippen LogP contribution in [0.25, 0.3) is 5.57 Å². The standard InChI is InChI=1S/C25H31NO2S/c1-18-12-14-19(15-13-18)17-26(21-10-6-3-7-11-21)22-16-23(29-24(22)25(27)28)20-8-4-2-5-9-20/h3,6-8,10-11,16,18-19H,2,4-5,9,12-15,17H2,1H3,(H,27,28). The number of hydrogen-bond acceptors (Lipinski definition) is 3. The predicted molar refractivity (Wildman–Crippen MR) is 122 cm³/mol. The van der Waals surface area contributed by atoms with Crippen molar-refractivity contribution in [1.29, 1.82) is 0 Å². The lowest BCUT2D eigenvalue weighted by atomic mass is 9.82. The lowest BCUT2D eigenvalue weighted by Gasteiger charge is -2.33. The van der Waals surface area contributed by atoms with Gasteiger partial charge in [0, 0.05) is 17.1 Å². The van der Waals surface area contributed by atoms with Crippen molar-refractivity contribution in [1.82, 2.24) is 0 Å². The molecule has 0 saturated heterocycles. The summed E-state index contributed by atoms with van der Waals surface area (Å²) in [6, 6.07) is 12.5. The van der Waals surface area contributed by atoms with Crippen LogP contribution in [0.1, 0.15) is 72.8 Å². The molecule has 0 atom stereocenters. The van der Waals surface area contributed by atoms with Crippen LogP contribution in [-0.2, 0) is 0 Å². The summed E-state index contributed by atoms with van der Waals surface area (Å²) in [6.07, 6.45) is 11.9. The predicted octanol–water partition coefficient (Wildman–Crippen LogP) is 7.37. The molecule has 2 aromatic rings. The number of carboxylic acid groups (broad SMARTS) is 1. The molecular weight excluding hydrogens is 378 g/mol. The van der Waals surface area contributed by atoms with Gasteiger partial charge >= 0.3 is 5.97 Å². The highest BCUT2D eigenvalue weighted by Crippen LogP contribution is 2.41. The van der Waals surface area contributed by atoms with Crippen LogP contribution in [0.3, 0.4) is 0 Å². The zero-order valence-electron chi connectivity index (χ0n) is 17.3. The molecule has 2 aliphatic carbocycles. The first-order chi connectivity index (χ1) is 14.1. The van der Waals surface area contributed by atoms with Gasteiger partial charge < -0.3 is 10.0 Å². The Hall–Kier alpha value is -2.07. The molecule has 0 spiro atoms. The number of carboxylic acids is 1. The van der Waals surface area contributed by atoms with Gasteiger partial charge in [0.15, 0.2) is 0 Å². The summed E-state index contributed by atoms with van der Waals surface area (Å²) < 4.78 is 0.